The van der Waals surface area contributed by atoms with Crippen LogP contribution in [0, 0.1) is 5.82 Å². The van der Waals surface area contributed by atoms with E-state index in [2.05, 4.69) is 4.72 Å². The highest BCUT2D eigenvalue weighted by atomic mass is 35.5. The highest BCUT2D eigenvalue weighted by molar-refractivity contribution is 7.92. The number of halogens is 3. The standard InChI is InChI=1S/C14H12Cl2FNO2S/c15-8-7-10-1-4-12(5-2-10)21(19,20)18-14-6-3-11(16)9-13(14)17/h1-6,9,18H,7-8H2. The predicted octanol–water partition coefficient (Wildman–Crippen LogP) is 4.06. The van der Waals surface area contributed by atoms with E-state index in [0.717, 1.165) is 11.6 Å². The third-order valence-electron chi connectivity index (χ3n) is 2.79. The number of anilines is 1. The zero-order chi connectivity index (χ0) is 15.5. The van der Waals surface area contributed by atoms with E-state index in [1.807, 2.05) is 0 Å². The Kier molecular flexibility index (Phi) is 5.08. The molecule has 2 rings (SSSR count). The van der Waals surface area contributed by atoms with Crippen LogP contribution in [0.15, 0.2) is 47.4 Å². The first-order valence-electron chi connectivity index (χ1n) is 6.05. The second-order valence-corrected chi connectivity index (χ2v) is 6.81. The summed E-state index contributed by atoms with van der Waals surface area (Å²) in [5.41, 5.74) is 0.783. The zero-order valence-corrected chi connectivity index (χ0v) is 13.1. The Morgan fingerprint density at radius 2 is 1.76 bits per heavy atom. The van der Waals surface area contributed by atoms with Crippen LogP contribution in [0.4, 0.5) is 10.1 Å². The molecule has 0 aliphatic rings. The maximum Gasteiger partial charge on any atom is 0.261 e. The van der Waals surface area contributed by atoms with Gasteiger partial charge in [0.15, 0.2) is 0 Å². The minimum Gasteiger partial charge on any atom is -0.277 e. The summed E-state index contributed by atoms with van der Waals surface area (Å²) in [6.45, 7) is 0. The summed E-state index contributed by atoms with van der Waals surface area (Å²) in [6, 6.07) is 9.99. The predicted molar refractivity (Wildman–Crippen MR) is 83.1 cm³/mol. The van der Waals surface area contributed by atoms with Crippen molar-refractivity contribution in [2.75, 3.05) is 10.6 Å². The average molecular weight is 348 g/mol. The average Bonchev–Trinajstić information content (AvgIpc) is 2.43. The van der Waals surface area contributed by atoms with Gasteiger partial charge in [0, 0.05) is 10.9 Å². The number of aryl methyl sites for hydroxylation is 1. The molecule has 7 heteroatoms. The van der Waals surface area contributed by atoms with Gasteiger partial charge in [0.2, 0.25) is 0 Å². The number of rotatable bonds is 5. The molecular weight excluding hydrogens is 336 g/mol. The van der Waals surface area contributed by atoms with Crippen LogP contribution in [0.2, 0.25) is 5.02 Å². The number of hydrogen-bond donors (Lipinski definition) is 1. The summed E-state index contributed by atoms with van der Waals surface area (Å²) in [7, 11) is -3.85. The molecule has 0 saturated heterocycles. The molecule has 2 aromatic carbocycles. The Morgan fingerprint density at radius 1 is 1.10 bits per heavy atom. The minimum absolute atomic E-state index is 0.0511. The maximum absolute atomic E-state index is 13.6. The van der Waals surface area contributed by atoms with Gasteiger partial charge in [0.25, 0.3) is 10.0 Å². The molecule has 3 nitrogen and oxygen atoms in total. The molecule has 0 unspecified atom stereocenters. The number of nitrogens with one attached hydrogen (secondary N) is 1. The summed E-state index contributed by atoms with van der Waals surface area (Å²) in [4.78, 5) is 0.0511. The molecule has 0 atom stereocenters. The molecular formula is C14H12Cl2FNO2S. The normalized spacial score (nSPS) is 11.4. The van der Waals surface area contributed by atoms with Crippen molar-refractivity contribution in [2.45, 2.75) is 11.3 Å². The molecule has 0 aliphatic carbocycles. The van der Waals surface area contributed by atoms with Crippen molar-refractivity contribution in [1.82, 2.24) is 0 Å². The Morgan fingerprint density at radius 3 is 2.33 bits per heavy atom. The Balaban J connectivity index is 2.25. The van der Waals surface area contributed by atoms with E-state index in [4.69, 9.17) is 23.2 Å². The van der Waals surface area contributed by atoms with Crippen molar-refractivity contribution >= 4 is 38.9 Å². The van der Waals surface area contributed by atoms with Crippen molar-refractivity contribution in [2.24, 2.45) is 0 Å². The third-order valence-corrected chi connectivity index (χ3v) is 4.60. The summed E-state index contributed by atoms with van der Waals surface area (Å²) in [5.74, 6) is -0.273. The highest BCUT2D eigenvalue weighted by Crippen LogP contribution is 2.22. The summed E-state index contributed by atoms with van der Waals surface area (Å²) < 4.78 is 40.2. The summed E-state index contributed by atoms with van der Waals surface area (Å²) in [5, 5.41) is 0.195. The molecule has 0 radical (unpaired) electrons. The van der Waals surface area contributed by atoms with E-state index in [-0.39, 0.29) is 15.6 Å². The van der Waals surface area contributed by atoms with Crippen molar-refractivity contribution in [3.63, 3.8) is 0 Å². The lowest BCUT2D eigenvalue weighted by Crippen LogP contribution is -2.14. The largest absolute Gasteiger partial charge is 0.277 e. The fraction of sp³-hybridized carbons (Fsp3) is 0.143. The monoisotopic (exact) mass is 347 g/mol. The topological polar surface area (TPSA) is 46.2 Å². The molecule has 0 saturated carbocycles. The van der Waals surface area contributed by atoms with Crippen LogP contribution < -0.4 is 4.72 Å². The molecule has 112 valence electrons. The van der Waals surface area contributed by atoms with Crippen LogP contribution in [-0.2, 0) is 16.4 Å². The Hall–Kier alpha value is -1.30. The van der Waals surface area contributed by atoms with E-state index >= 15 is 0 Å². The van der Waals surface area contributed by atoms with Crippen molar-refractivity contribution in [3.05, 3.63) is 58.9 Å². The van der Waals surface area contributed by atoms with Gasteiger partial charge in [0.1, 0.15) is 5.82 Å². The molecule has 0 bridgehead atoms. The van der Waals surface area contributed by atoms with Crippen molar-refractivity contribution < 1.29 is 12.8 Å². The SMILES string of the molecule is O=S(=O)(Nc1ccc(Cl)cc1F)c1ccc(CCCl)cc1. The van der Waals surface area contributed by atoms with E-state index in [9.17, 15) is 12.8 Å². The van der Waals surface area contributed by atoms with Crippen LogP contribution >= 0.6 is 23.2 Å². The van der Waals surface area contributed by atoms with Crippen molar-refractivity contribution in [1.29, 1.82) is 0 Å². The van der Waals surface area contributed by atoms with E-state index in [0.29, 0.717) is 12.3 Å². The third kappa shape index (κ3) is 4.09. The molecule has 0 fully saturated rings. The number of hydrogen-bond acceptors (Lipinski definition) is 2. The van der Waals surface area contributed by atoms with Gasteiger partial charge in [-0.25, -0.2) is 12.8 Å². The number of sulfonamides is 1. The highest BCUT2D eigenvalue weighted by Gasteiger charge is 2.16. The van der Waals surface area contributed by atoms with Crippen molar-refractivity contribution in [3.8, 4) is 0 Å². The van der Waals surface area contributed by atoms with Crippen LogP contribution in [0.3, 0.4) is 0 Å². The maximum atomic E-state index is 13.6. The second-order valence-electron chi connectivity index (χ2n) is 4.31. The van der Waals surface area contributed by atoms with Gasteiger partial charge in [-0.1, -0.05) is 23.7 Å². The minimum atomic E-state index is -3.85. The number of alkyl halides is 1. The van der Waals surface area contributed by atoms with Gasteiger partial charge >= 0.3 is 0 Å². The quantitative estimate of drug-likeness (QED) is 0.829. The van der Waals surface area contributed by atoms with Gasteiger partial charge < -0.3 is 0 Å². The second kappa shape index (κ2) is 6.64. The molecule has 0 amide bonds. The first-order valence-corrected chi connectivity index (χ1v) is 8.45. The molecule has 21 heavy (non-hydrogen) atoms. The lowest BCUT2D eigenvalue weighted by atomic mass is 10.2. The van der Waals surface area contributed by atoms with Crippen LogP contribution in [0.5, 0.6) is 0 Å². The summed E-state index contributed by atoms with van der Waals surface area (Å²) in [6.07, 6.45) is 0.654. The molecule has 2 aromatic rings. The number of benzene rings is 2. The first kappa shape index (κ1) is 16.1. The lowest BCUT2D eigenvalue weighted by Gasteiger charge is -2.09. The zero-order valence-electron chi connectivity index (χ0n) is 10.8. The molecule has 1 N–H and O–H groups in total. The molecule has 0 heterocycles. The van der Waals surface area contributed by atoms with E-state index in [1.54, 1.807) is 12.1 Å². The van der Waals surface area contributed by atoms with Gasteiger partial charge in [-0.3, -0.25) is 4.72 Å². The van der Waals surface area contributed by atoms with E-state index < -0.39 is 15.8 Å². The molecule has 0 spiro atoms. The molecule has 0 aromatic heterocycles. The van der Waals surface area contributed by atoms with Crippen LogP contribution in [0.1, 0.15) is 5.56 Å². The lowest BCUT2D eigenvalue weighted by molar-refractivity contribution is 0.598. The fourth-order valence-electron chi connectivity index (χ4n) is 1.72. The fourth-order valence-corrected chi connectivity index (χ4v) is 3.16. The van der Waals surface area contributed by atoms with Gasteiger partial charge in [-0.15, -0.1) is 11.6 Å². The summed E-state index contributed by atoms with van der Waals surface area (Å²) >= 11 is 11.2. The van der Waals surface area contributed by atoms with Crippen LogP contribution in [0.25, 0.3) is 0 Å². The smallest absolute Gasteiger partial charge is 0.261 e. The Labute approximate surface area is 132 Å². The van der Waals surface area contributed by atoms with E-state index in [1.165, 1.54) is 24.3 Å². The Bertz CT molecular complexity index is 733. The first-order chi connectivity index (χ1) is 9.92. The molecule has 0 aliphatic heterocycles. The van der Waals surface area contributed by atoms with Gasteiger partial charge in [-0.2, -0.15) is 0 Å². The van der Waals surface area contributed by atoms with Crippen LogP contribution in [-0.4, -0.2) is 14.3 Å². The van der Waals surface area contributed by atoms with Gasteiger partial charge in [0.05, 0.1) is 10.6 Å². The van der Waals surface area contributed by atoms with Gasteiger partial charge in [-0.05, 0) is 42.3 Å².